The lowest BCUT2D eigenvalue weighted by Crippen LogP contribution is -2.34. The Labute approximate surface area is 187 Å². The van der Waals surface area contributed by atoms with Crippen molar-refractivity contribution in [2.75, 3.05) is 17.6 Å². The average molecular weight is 479 g/mol. The van der Waals surface area contributed by atoms with E-state index in [9.17, 15) is 18.0 Å². The van der Waals surface area contributed by atoms with Gasteiger partial charge in [-0.3, -0.25) is 15.4 Å². The Balaban J connectivity index is 1.46. The number of rotatable bonds is 5. The molecule has 0 unspecified atom stereocenters. The molecule has 3 aromatic rings. The van der Waals surface area contributed by atoms with Gasteiger partial charge in [-0.05, 0) is 49.7 Å². The third kappa shape index (κ3) is 5.04. The van der Waals surface area contributed by atoms with Gasteiger partial charge in [0.25, 0.3) is 5.91 Å². The Morgan fingerprint density at radius 2 is 2.03 bits per heavy atom. The predicted molar refractivity (Wildman–Crippen MR) is 121 cm³/mol. The number of hydrogen-bond donors (Lipinski definition) is 3. The lowest BCUT2D eigenvalue weighted by Gasteiger charge is -2.10. The molecular formula is C20H19ClN4O4S2. The molecule has 2 aromatic carbocycles. The molecule has 1 saturated heterocycles. The monoisotopic (exact) mass is 478 g/mol. The molecule has 0 spiro atoms. The summed E-state index contributed by atoms with van der Waals surface area (Å²) in [5.74, 6) is -0.590. The first-order chi connectivity index (χ1) is 14.8. The third-order valence-electron chi connectivity index (χ3n) is 4.87. The number of amides is 3. The topological polar surface area (TPSA) is 117 Å². The molecule has 0 radical (unpaired) electrons. The fourth-order valence-electron chi connectivity index (χ4n) is 3.36. The maximum Gasteiger partial charge on any atom is 0.327 e. The largest absolute Gasteiger partial charge is 0.327 e. The Hall–Kier alpha value is -2.53. The van der Waals surface area contributed by atoms with Gasteiger partial charge in [0, 0.05) is 6.04 Å². The highest BCUT2D eigenvalue weighted by atomic mass is 35.5. The third-order valence-corrected chi connectivity index (χ3v) is 7.94. The van der Waals surface area contributed by atoms with Crippen molar-refractivity contribution in [3.8, 4) is 0 Å². The predicted octanol–water partition coefficient (Wildman–Crippen LogP) is 3.44. The molecule has 3 N–H and O–H groups in total. The van der Waals surface area contributed by atoms with Crippen LogP contribution in [0, 0.1) is 0 Å². The van der Waals surface area contributed by atoms with E-state index < -0.39 is 21.8 Å². The van der Waals surface area contributed by atoms with Crippen LogP contribution in [0.4, 0.5) is 9.93 Å². The Morgan fingerprint density at radius 1 is 1.23 bits per heavy atom. The van der Waals surface area contributed by atoms with Gasteiger partial charge in [0.1, 0.15) is 0 Å². The summed E-state index contributed by atoms with van der Waals surface area (Å²) in [5.41, 5.74) is 0.728. The van der Waals surface area contributed by atoms with Crippen LogP contribution in [0.5, 0.6) is 0 Å². The number of halogens is 1. The van der Waals surface area contributed by atoms with Crippen LogP contribution in [0.1, 0.15) is 23.2 Å². The number of urea groups is 1. The van der Waals surface area contributed by atoms with E-state index >= 15 is 0 Å². The molecule has 4 rings (SSSR count). The van der Waals surface area contributed by atoms with E-state index in [1.165, 1.54) is 12.1 Å². The average Bonchev–Trinajstić information content (AvgIpc) is 3.36. The van der Waals surface area contributed by atoms with Crippen molar-refractivity contribution < 1.29 is 18.0 Å². The number of fused-ring (bicyclic) bond motifs is 1. The van der Waals surface area contributed by atoms with E-state index in [2.05, 4.69) is 20.9 Å². The van der Waals surface area contributed by atoms with Gasteiger partial charge in [0.15, 0.2) is 15.0 Å². The fourth-order valence-corrected chi connectivity index (χ4v) is 6.13. The van der Waals surface area contributed by atoms with E-state index in [0.29, 0.717) is 10.2 Å². The van der Waals surface area contributed by atoms with Gasteiger partial charge in [-0.15, -0.1) is 0 Å². The number of carbonyl (C=O) groups excluding carboxylic acids is 2. The summed E-state index contributed by atoms with van der Waals surface area (Å²) in [5, 5.41) is 8.37. The first kappa shape index (κ1) is 21.7. The molecule has 31 heavy (non-hydrogen) atoms. The van der Waals surface area contributed by atoms with Crippen molar-refractivity contribution in [2.45, 2.75) is 23.8 Å². The van der Waals surface area contributed by atoms with Gasteiger partial charge >= 0.3 is 6.03 Å². The lowest BCUT2D eigenvalue weighted by atomic mass is 10.2. The number of nitrogens with zero attached hydrogens (tertiary/aromatic N) is 1. The zero-order chi connectivity index (χ0) is 22.0. The smallest absolute Gasteiger partial charge is 0.313 e. The SMILES string of the molecule is O=C(NC(=O)c1ccccc1Cl)Nc1nc2ccc(S(=O)(=O)C[C@H]3CCCN3)cc2s1. The number of nitrogens with one attached hydrogen (secondary N) is 3. The van der Waals surface area contributed by atoms with E-state index in [4.69, 9.17) is 11.6 Å². The highest BCUT2D eigenvalue weighted by molar-refractivity contribution is 7.91. The standard InChI is InChI=1S/C20H19ClN4O4S2/c21-15-6-2-1-5-14(15)18(26)24-19(27)25-20-23-16-8-7-13(10-17(16)30-20)31(28,29)11-12-4-3-9-22-12/h1-2,5-8,10,12,22H,3-4,9,11H2,(H2,23,24,25,26,27)/t12-/m1/s1. The second-order valence-corrected chi connectivity index (χ2v) is 10.6. The Kier molecular flexibility index (Phi) is 6.24. The van der Waals surface area contributed by atoms with Gasteiger partial charge in [0.05, 0.1) is 31.5 Å². The molecule has 1 aromatic heterocycles. The van der Waals surface area contributed by atoms with Gasteiger partial charge in [-0.25, -0.2) is 18.2 Å². The van der Waals surface area contributed by atoms with Crippen molar-refractivity contribution in [3.05, 3.63) is 53.1 Å². The molecule has 0 bridgehead atoms. The van der Waals surface area contributed by atoms with Crippen molar-refractivity contribution in [1.29, 1.82) is 0 Å². The number of anilines is 1. The van der Waals surface area contributed by atoms with Gasteiger partial charge in [-0.2, -0.15) is 0 Å². The van der Waals surface area contributed by atoms with Crippen molar-refractivity contribution in [3.63, 3.8) is 0 Å². The number of imide groups is 1. The highest BCUT2D eigenvalue weighted by Crippen LogP contribution is 2.29. The molecular weight excluding hydrogens is 460 g/mol. The molecule has 1 atom stereocenters. The maximum atomic E-state index is 12.7. The van der Waals surface area contributed by atoms with Gasteiger partial charge < -0.3 is 5.32 Å². The van der Waals surface area contributed by atoms with Crippen LogP contribution < -0.4 is 16.0 Å². The number of thiazole rings is 1. The zero-order valence-corrected chi connectivity index (χ0v) is 18.6. The van der Waals surface area contributed by atoms with E-state index in [1.54, 1.807) is 30.3 Å². The van der Waals surface area contributed by atoms with E-state index in [-0.39, 0.29) is 32.4 Å². The van der Waals surface area contributed by atoms with Crippen LogP contribution in [0.2, 0.25) is 5.02 Å². The zero-order valence-electron chi connectivity index (χ0n) is 16.2. The van der Waals surface area contributed by atoms with Crippen LogP contribution in [-0.2, 0) is 9.84 Å². The molecule has 0 aliphatic carbocycles. The molecule has 3 amide bonds. The van der Waals surface area contributed by atoms with Crippen molar-refractivity contribution in [2.24, 2.45) is 0 Å². The van der Waals surface area contributed by atoms with E-state index in [1.807, 2.05) is 0 Å². The first-order valence-electron chi connectivity index (χ1n) is 9.55. The quantitative estimate of drug-likeness (QED) is 0.517. The summed E-state index contributed by atoms with van der Waals surface area (Å²) in [6.45, 7) is 0.837. The molecule has 0 saturated carbocycles. The van der Waals surface area contributed by atoms with E-state index in [0.717, 1.165) is 30.7 Å². The van der Waals surface area contributed by atoms with Gasteiger partial charge in [0.2, 0.25) is 0 Å². The lowest BCUT2D eigenvalue weighted by molar-refractivity contribution is 0.0967. The van der Waals surface area contributed by atoms with Crippen LogP contribution >= 0.6 is 22.9 Å². The second kappa shape index (κ2) is 8.91. The summed E-state index contributed by atoms with van der Waals surface area (Å²) in [7, 11) is -3.44. The van der Waals surface area contributed by atoms with Crippen LogP contribution in [0.25, 0.3) is 10.2 Å². The molecule has 1 aliphatic heterocycles. The van der Waals surface area contributed by atoms with Crippen LogP contribution in [-0.4, -0.2) is 43.7 Å². The molecule has 2 heterocycles. The Morgan fingerprint density at radius 3 is 2.77 bits per heavy atom. The Bertz CT molecular complexity index is 1250. The minimum atomic E-state index is -3.44. The number of carbonyl (C=O) groups is 2. The molecule has 1 aliphatic rings. The highest BCUT2D eigenvalue weighted by Gasteiger charge is 2.24. The maximum absolute atomic E-state index is 12.7. The summed E-state index contributed by atoms with van der Waals surface area (Å²) < 4.78 is 26.1. The van der Waals surface area contributed by atoms with Crippen molar-refractivity contribution in [1.82, 2.24) is 15.6 Å². The van der Waals surface area contributed by atoms with Gasteiger partial charge in [-0.1, -0.05) is 35.1 Å². The summed E-state index contributed by atoms with van der Waals surface area (Å²) in [4.78, 5) is 28.9. The summed E-state index contributed by atoms with van der Waals surface area (Å²) in [6, 6.07) is 10.3. The second-order valence-electron chi connectivity index (χ2n) is 7.11. The minimum absolute atomic E-state index is 0.0289. The number of benzene rings is 2. The first-order valence-corrected chi connectivity index (χ1v) is 12.4. The minimum Gasteiger partial charge on any atom is -0.313 e. The van der Waals surface area contributed by atoms with Crippen LogP contribution in [0.3, 0.4) is 0 Å². The fraction of sp³-hybridized carbons (Fsp3) is 0.250. The summed E-state index contributed by atoms with van der Waals surface area (Å²) in [6.07, 6.45) is 1.82. The number of hydrogen-bond acceptors (Lipinski definition) is 7. The molecule has 1 fully saturated rings. The van der Waals surface area contributed by atoms with Crippen molar-refractivity contribution >= 4 is 60.1 Å². The number of aromatic nitrogens is 1. The normalized spacial score (nSPS) is 16.4. The van der Waals surface area contributed by atoms with Crippen LogP contribution in [0.15, 0.2) is 47.4 Å². The molecule has 162 valence electrons. The molecule has 8 nitrogen and oxygen atoms in total. The number of sulfone groups is 1. The molecule has 11 heteroatoms. The summed E-state index contributed by atoms with van der Waals surface area (Å²) >= 11 is 7.09.